The molecule has 0 aliphatic carbocycles. The summed E-state index contributed by atoms with van der Waals surface area (Å²) in [5, 5.41) is 2.74. The highest BCUT2D eigenvalue weighted by Gasteiger charge is 2.20. The van der Waals surface area contributed by atoms with E-state index in [2.05, 4.69) is 18.3 Å². The maximum atomic E-state index is 12.1. The molecule has 0 heterocycles. The number of unbranched alkanes of at least 4 members (excludes halogenated alkanes) is 12. The summed E-state index contributed by atoms with van der Waals surface area (Å²) in [5.41, 5.74) is 5.50. The summed E-state index contributed by atoms with van der Waals surface area (Å²) in [7, 11) is 0. The van der Waals surface area contributed by atoms with E-state index < -0.39 is 6.04 Å². The Morgan fingerprint density at radius 2 is 1.45 bits per heavy atom. The third-order valence-corrected chi connectivity index (χ3v) is 5.30. The van der Waals surface area contributed by atoms with Gasteiger partial charge in [0.25, 0.3) is 0 Å². The van der Waals surface area contributed by atoms with Crippen LogP contribution in [0.5, 0.6) is 0 Å². The van der Waals surface area contributed by atoms with E-state index in [-0.39, 0.29) is 11.9 Å². The Kier molecular flexibility index (Phi) is 21.8. The highest BCUT2D eigenvalue weighted by molar-refractivity contribution is 5.91. The highest BCUT2D eigenvalue weighted by atomic mass is 16.5. The summed E-state index contributed by atoms with van der Waals surface area (Å²) in [4.78, 5) is 24.0. The minimum atomic E-state index is -0.607. The molecule has 0 aromatic carbocycles. The molecular weight excluding hydrogens is 388 g/mol. The SMILES string of the molecule is CCCCCCCCCCCCCC=CC=CC(=O)N[C@@H](CCCCN)C(=O)OCC. The lowest BCUT2D eigenvalue weighted by molar-refractivity contribution is -0.147. The monoisotopic (exact) mass is 436 g/mol. The first-order valence-corrected chi connectivity index (χ1v) is 12.7. The predicted molar refractivity (Wildman–Crippen MR) is 131 cm³/mol. The molecule has 180 valence electrons. The maximum absolute atomic E-state index is 12.1. The van der Waals surface area contributed by atoms with Gasteiger partial charge in [-0.2, -0.15) is 0 Å². The summed E-state index contributed by atoms with van der Waals surface area (Å²) in [6.07, 6.45) is 25.2. The predicted octanol–water partition coefficient (Wildman–Crippen LogP) is 5.98. The van der Waals surface area contributed by atoms with Crippen molar-refractivity contribution in [3.8, 4) is 0 Å². The molecule has 0 rings (SSSR count). The molecule has 0 saturated heterocycles. The first kappa shape index (κ1) is 29.4. The van der Waals surface area contributed by atoms with E-state index in [1.807, 2.05) is 6.08 Å². The molecule has 0 aromatic heterocycles. The van der Waals surface area contributed by atoms with Crippen LogP contribution in [0.4, 0.5) is 0 Å². The second-order valence-corrected chi connectivity index (χ2v) is 8.21. The number of rotatable bonds is 21. The molecule has 0 bridgehead atoms. The number of ether oxygens (including phenoxy) is 1. The Labute approximate surface area is 191 Å². The number of nitrogens with two attached hydrogens (primary N) is 1. The molecule has 0 saturated carbocycles. The van der Waals surface area contributed by atoms with Crippen LogP contribution < -0.4 is 11.1 Å². The van der Waals surface area contributed by atoms with Crippen molar-refractivity contribution in [1.29, 1.82) is 0 Å². The van der Waals surface area contributed by atoms with Gasteiger partial charge >= 0.3 is 5.97 Å². The minimum Gasteiger partial charge on any atom is -0.464 e. The van der Waals surface area contributed by atoms with Crippen LogP contribution in [0.2, 0.25) is 0 Å². The maximum Gasteiger partial charge on any atom is 0.328 e. The molecule has 0 aliphatic heterocycles. The fourth-order valence-corrected chi connectivity index (χ4v) is 3.45. The van der Waals surface area contributed by atoms with Gasteiger partial charge in [-0.1, -0.05) is 89.4 Å². The van der Waals surface area contributed by atoms with Gasteiger partial charge in [0.15, 0.2) is 0 Å². The van der Waals surface area contributed by atoms with E-state index in [0.29, 0.717) is 19.6 Å². The van der Waals surface area contributed by atoms with Crippen LogP contribution in [0.1, 0.15) is 110 Å². The number of hydrogen-bond donors (Lipinski definition) is 2. The van der Waals surface area contributed by atoms with Gasteiger partial charge < -0.3 is 15.8 Å². The zero-order valence-electron chi connectivity index (χ0n) is 20.2. The van der Waals surface area contributed by atoms with E-state index in [9.17, 15) is 9.59 Å². The quantitative estimate of drug-likeness (QED) is 0.100. The first-order chi connectivity index (χ1) is 15.2. The first-order valence-electron chi connectivity index (χ1n) is 12.7. The lowest BCUT2D eigenvalue weighted by atomic mass is 10.1. The molecule has 5 nitrogen and oxygen atoms in total. The van der Waals surface area contributed by atoms with E-state index in [4.69, 9.17) is 10.5 Å². The van der Waals surface area contributed by atoms with E-state index in [0.717, 1.165) is 19.3 Å². The van der Waals surface area contributed by atoms with Gasteiger partial charge in [-0.15, -0.1) is 0 Å². The number of allylic oxidation sites excluding steroid dienone is 3. The van der Waals surface area contributed by atoms with E-state index in [1.165, 1.54) is 76.7 Å². The Hall–Kier alpha value is -1.62. The van der Waals surface area contributed by atoms with Crippen LogP contribution in [0, 0.1) is 0 Å². The van der Waals surface area contributed by atoms with Gasteiger partial charge in [0.1, 0.15) is 6.04 Å². The normalized spacial score (nSPS) is 12.5. The Balaban J connectivity index is 3.83. The van der Waals surface area contributed by atoms with Crippen molar-refractivity contribution < 1.29 is 14.3 Å². The number of hydrogen-bond acceptors (Lipinski definition) is 4. The molecule has 1 amide bonds. The molecular formula is C26H48N2O3. The summed E-state index contributed by atoms with van der Waals surface area (Å²) >= 11 is 0. The summed E-state index contributed by atoms with van der Waals surface area (Å²) in [5.74, 6) is -0.654. The standard InChI is InChI=1S/C26H48N2O3/c1-3-5-6-7-8-9-10-11-12-13-14-15-16-17-18-22-25(29)28-24(21-19-20-23-27)26(30)31-4-2/h16-18,22,24H,3-15,19-21,23,27H2,1-2H3,(H,28,29)/t24-/m0/s1. The molecule has 0 aliphatic rings. The Bertz CT molecular complexity index is 489. The van der Waals surface area contributed by atoms with Crippen molar-refractivity contribution in [2.24, 2.45) is 5.73 Å². The lowest BCUT2D eigenvalue weighted by Crippen LogP contribution is -2.41. The lowest BCUT2D eigenvalue weighted by Gasteiger charge is -2.16. The highest BCUT2D eigenvalue weighted by Crippen LogP contribution is 2.12. The zero-order valence-corrected chi connectivity index (χ0v) is 20.2. The molecule has 0 unspecified atom stereocenters. The largest absolute Gasteiger partial charge is 0.464 e. The van der Waals surface area contributed by atoms with Crippen molar-refractivity contribution in [3.05, 3.63) is 24.3 Å². The summed E-state index contributed by atoms with van der Waals surface area (Å²) in [6.45, 7) is 4.90. The molecule has 1 atom stereocenters. The van der Waals surface area contributed by atoms with Gasteiger partial charge in [0.2, 0.25) is 5.91 Å². The topological polar surface area (TPSA) is 81.4 Å². The number of amides is 1. The van der Waals surface area contributed by atoms with Gasteiger partial charge in [-0.25, -0.2) is 4.79 Å². The second-order valence-electron chi connectivity index (χ2n) is 8.21. The molecule has 0 fully saturated rings. The molecule has 31 heavy (non-hydrogen) atoms. The van der Waals surface area contributed by atoms with Crippen LogP contribution in [-0.4, -0.2) is 31.1 Å². The van der Waals surface area contributed by atoms with Gasteiger partial charge in [-0.3, -0.25) is 4.79 Å². The van der Waals surface area contributed by atoms with Crippen LogP contribution in [0.3, 0.4) is 0 Å². The second kappa shape index (κ2) is 23.1. The van der Waals surface area contributed by atoms with Crippen molar-refractivity contribution in [3.63, 3.8) is 0 Å². The van der Waals surface area contributed by atoms with Gasteiger partial charge in [-0.05, 0) is 45.6 Å². The number of carbonyl (C=O) groups is 2. The smallest absolute Gasteiger partial charge is 0.328 e. The molecule has 3 N–H and O–H groups in total. The fraction of sp³-hybridized carbons (Fsp3) is 0.769. The van der Waals surface area contributed by atoms with Crippen molar-refractivity contribution in [1.82, 2.24) is 5.32 Å². The third-order valence-electron chi connectivity index (χ3n) is 5.30. The number of esters is 1. The molecule has 0 spiro atoms. The minimum absolute atomic E-state index is 0.273. The fourth-order valence-electron chi connectivity index (χ4n) is 3.45. The zero-order chi connectivity index (χ0) is 23.0. The summed E-state index contributed by atoms with van der Waals surface area (Å²) in [6, 6.07) is -0.607. The van der Waals surface area contributed by atoms with Crippen LogP contribution in [0.15, 0.2) is 24.3 Å². The van der Waals surface area contributed by atoms with Gasteiger partial charge in [0.05, 0.1) is 6.61 Å². The van der Waals surface area contributed by atoms with Crippen LogP contribution >= 0.6 is 0 Å². The molecule has 5 heteroatoms. The van der Waals surface area contributed by atoms with Crippen molar-refractivity contribution in [2.45, 2.75) is 116 Å². The number of nitrogens with one attached hydrogen (secondary N) is 1. The number of carbonyl (C=O) groups excluding carboxylic acids is 2. The molecule has 0 aromatic rings. The Morgan fingerprint density at radius 3 is 2.03 bits per heavy atom. The average molecular weight is 437 g/mol. The van der Waals surface area contributed by atoms with Crippen molar-refractivity contribution in [2.75, 3.05) is 13.2 Å². The van der Waals surface area contributed by atoms with Crippen LogP contribution in [0.25, 0.3) is 0 Å². The Morgan fingerprint density at radius 1 is 0.839 bits per heavy atom. The van der Waals surface area contributed by atoms with E-state index in [1.54, 1.807) is 13.0 Å². The van der Waals surface area contributed by atoms with Gasteiger partial charge in [0, 0.05) is 6.08 Å². The average Bonchev–Trinajstić information content (AvgIpc) is 2.76. The third kappa shape index (κ3) is 20.1. The molecule has 0 radical (unpaired) electrons. The summed E-state index contributed by atoms with van der Waals surface area (Å²) < 4.78 is 5.04. The van der Waals surface area contributed by atoms with Crippen LogP contribution in [-0.2, 0) is 14.3 Å². The van der Waals surface area contributed by atoms with Crippen molar-refractivity contribution >= 4 is 11.9 Å². The van der Waals surface area contributed by atoms with E-state index >= 15 is 0 Å².